The lowest BCUT2D eigenvalue weighted by molar-refractivity contribution is -0.888. The summed E-state index contributed by atoms with van der Waals surface area (Å²) in [6.45, 7) is 4.82. The van der Waals surface area contributed by atoms with E-state index in [4.69, 9.17) is 9.47 Å². The van der Waals surface area contributed by atoms with E-state index in [-0.39, 0.29) is 4.65 Å². The van der Waals surface area contributed by atoms with Crippen LogP contribution < -0.4 is 4.74 Å². The Morgan fingerprint density at radius 1 is 1.12 bits per heavy atom. The first-order valence-electron chi connectivity index (χ1n) is 8.96. The zero-order valence-electron chi connectivity index (χ0n) is 14.9. The van der Waals surface area contributed by atoms with Crippen LogP contribution in [0, 0.1) is 12.1 Å². The van der Waals surface area contributed by atoms with Crippen LogP contribution in [0.25, 0.3) is 16.5 Å². The van der Waals surface area contributed by atoms with Gasteiger partial charge >= 0.3 is 0 Å². The van der Waals surface area contributed by atoms with Crippen LogP contribution in [-0.4, -0.2) is 53.9 Å². The standard InChI is InChI=1S/C20H23N3O3/c1-16-14-20(26-13-10-23(24)8-11-25-12-9-23)21-22(16)19-7-6-17-4-2-3-5-18(17)15-19/h2-7,14-15H,8-13H2,1H3. The Morgan fingerprint density at radius 3 is 2.69 bits per heavy atom. The molecular formula is C20H23N3O3. The maximum absolute atomic E-state index is 12.5. The van der Waals surface area contributed by atoms with Gasteiger partial charge in [0.25, 0.3) is 0 Å². The SMILES string of the molecule is Cc1cc(OCC[N+]2([O-])CCOCC2)nn1-c1ccc2ccccc2c1. The third kappa shape index (κ3) is 3.58. The second-order valence-corrected chi connectivity index (χ2v) is 6.76. The fourth-order valence-corrected chi connectivity index (χ4v) is 3.30. The summed E-state index contributed by atoms with van der Waals surface area (Å²) in [5.74, 6) is 0.551. The summed E-state index contributed by atoms with van der Waals surface area (Å²) >= 11 is 0. The number of ether oxygens (including phenoxy) is 2. The highest BCUT2D eigenvalue weighted by Gasteiger charge is 2.21. The zero-order chi connectivity index (χ0) is 18.0. The minimum Gasteiger partial charge on any atom is -0.633 e. The smallest absolute Gasteiger partial charge is 0.233 e. The van der Waals surface area contributed by atoms with Crippen LogP contribution in [0.15, 0.2) is 48.5 Å². The Labute approximate surface area is 152 Å². The van der Waals surface area contributed by atoms with E-state index in [0.717, 1.165) is 11.4 Å². The lowest BCUT2D eigenvalue weighted by atomic mass is 10.1. The van der Waals surface area contributed by atoms with Gasteiger partial charge in [0.2, 0.25) is 5.88 Å². The molecule has 0 atom stereocenters. The first kappa shape index (κ1) is 17.0. The molecule has 1 aromatic heterocycles. The maximum atomic E-state index is 12.5. The van der Waals surface area contributed by atoms with E-state index in [9.17, 15) is 5.21 Å². The molecule has 1 saturated heterocycles. The number of quaternary nitrogens is 1. The van der Waals surface area contributed by atoms with Crippen LogP contribution in [0.2, 0.25) is 0 Å². The molecule has 1 aliphatic rings. The maximum Gasteiger partial charge on any atom is 0.233 e. The second-order valence-electron chi connectivity index (χ2n) is 6.76. The first-order valence-corrected chi connectivity index (χ1v) is 8.96. The molecular weight excluding hydrogens is 330 g/mol. The zero-order valence-corrected chi connectivity index (χ0v) is 14.9. The van der Waals surface area contributed by atoms with Crippen molar-refractivity contribution in [1.82, 2.24) is 9.78 Å². The minimum atomic E-state index is -0.246. The van der Waals surface area contributed by atoms with Gasteiger partial charge in [-0.15, -0.1) is 5.10 Å². The molecule has 0 saturated carbocycles. The predicted octanol–water partition coefficient (Wildman–Crippen LogP) is 3.06. The summed E-state index contributed by atoms with van der Waals surface area (Å²) in [6, 6.07) is 16.4. The number of rotatable bonds is 5. The summed E-state index contributed by atoms with van der Waals surface area (Å²) in [5.41, 5.74) is 1.99. The molecule has 0 spiro atoms. The Morgan fingerprint density at radius 2 is 1.88 bits per heavy atom. The second kappa shape index (κ2) is 7.07. The number of aryl methyl sites for hydroxylation is 1. The van der Waals surface area contributed by atoms with Gasteiger partial charge in [-0.3, -0.25) is 0 Å². The lowest BCUT2D eigenvalue weighted by Gasteiger charge is -2.44. The fourth-order valence-electron chi connectivity index (χ4n) is 3.30. The largest absolute Gasteiger partial charge is 0.633 e. The molecule has 4 rings (SSSR count). The van der Waals surface area contributed by atoms with Gasteiger partial charge in [0.15, 0.2) is 0 Å². The molecule has 1 aliphatic heterocycles. The molecule has 2 heterocycles. The molecule has 3 aromatic rings. The van der Waals surface area contributed by atoms with Crippen LogP contribution in [0.4, 0.5) is 0 Å². The van der Waals surface area contributed by atoms with Crippen molar-refractivity contribution in [1.29, 1.82) is 0 Å². The topological polar surface area (TPSA) is 59.3 Å². The summed E-state index contributed by atoms with van der Waals surface area (Å²) in [7, 11) is 0. The number of fused-ring (bicyclic) bond motifs is 1. The van der Waals surface area contributed by atoms with E-state index >= 15 is 0 Å². The van der Waals surface area contributed by atoms with Crippen LogP contribution in [0.5, 0.6) is 5.88 Å². The average molecular weight is 353 g/mol. The van der Waals surface area contributed by atoms with Crippen molar-refractivity contribution in [2.24, 2.45) is 0 Å². The number of morpholine rings is 1. The number of hydrogen-bond donors (Lipinski definition) is 0. The van der Waals surface area contributed by atoms with Gasteiger partial charge in [-0.25, -0.2) is 4.68 Å². The van der Waals surface area contributed by atoms with E-state index in [2.05, 4.69) is 35.4 Å². The van der Waals surface area contributed by atoms with Gasteiger partial charge < -0.3 is 19.3 Å². The van der Waals surface area contributed by atoms with E-state index in [0.29, 0.717) is 45.3 Å². The van der Waals surface area contributed by atoms with Gasteiger partial charge in [0.05, 0.1) is 18.9 Å². The Hall–Kier alpha value is -2.41. The van der Waals surface area contributed by atoms with Crippen LogP contribution in [0.1, 0.15) is 5.69 Å². The van der Waals surface area contributed by atoms with Crippen LogP contribution >= 0.6 is 0 Å². The average Bonchev–Trinajstić information content (AvgIpc) is 3.02. The molecule has 0 unspecified atom stereocenters. The molecule has 1 fully saturated rings. The number of hydroxylamine groups is 3. The van der Waals surface area contributed by atoms with Crippen molar-refractivity contribution in [2.45, 2.75) is 6.92 Å². The fraction of sp³-hybridized carbons (Fsp3) is 0.350. The van der Waals surface area contributed by atoms with E-state index in [1.165, 1.54) is 10.8 Å². The highest BCUT2D eigenvalue weighted by atomic mass is 16.6. The molecule has 0 radical (unpaired) electrons. The molecule has 0 N–H and O–H groups in total. The van der Waals surface area contributed by atoms with Gasteiger partial charge in [-0.2, -0.15) is 0 Å². The molecule has 2 aromatic carbocycles. The molecule has 136 valence electrons. The first-order chi connectivity index (χ1) is 12.6. The molecule has 6 heteroatoms. The molecule has 26 heavy (non-hydrogen) atoms. The highest BCUT2D eigenvalue weighted by Crippen LogP contribution is 2.21. The van der Waals surface area contributed by atoms with E-state index < -0.39 is 0 Å². The van der Waals surface area contributed by atoms with Crippen molar-refractivity contribution in [3.8, 4) is 11.6 Å². The Balaban J connectivity index is 1.46. The van der Waals surface area contributed by atoms with Gasteiger partial charge in [0, 0.05) is 11.8 Å². The van der Waals surface area contributed by atoms with Crippen molar-refractivity contribution < 1.29 is 14.1 Å². The molecule has 6 nitrogen and oxygen atoms in total. The van der Waals surface area contributed by atoms with Crippen molar-refractivity contribution in [3.63, 3.8) is 0 Å². The predicted molar refractivity (Wildman–Crippen MR) is 100 cm³/mol. The number of aromatic nitrogens is 2. The molecule has 0 amide bonds. The summed E-state index contributed by atoms with van der Waals surface area (Å²) in [5, 5.41) is 19.4. The van der Waals surface area contributed by atoms with Crippen LogP contribution in [0.3, 0.4) is 0 Å². The van der Waals surface area contributed by atoms with E-state index in [1.807, 2.05) is 29.8 Å². The van der Waals surface area contributed by atoms with Crippen molar-refractivity contribution in [2.75, 3.05) is 39.5 Å². The number of benzene rings is 2. The van der Waals surface area contributed by atoms with E-state index in [1.54, 1.807) is 0 Å². The Bertz CT molecular complexity index is 900. The molecule has 0 bridgehead atoms. The third-order valence-electron chi connectivity index (χ3n) is 4.88. The number of nitrogens with zero attached hydrogens (tertiary/aromatic N) is 3. The Kier molecular flexibility index (Phi) is 4.63. The van der Waals surface area contributed by atoms with Crippen LogP contribution in [-0.2, 0) is 4.74 Å². The van der Waals surface area contributed by atoms with Gasteiger partial charge in [0.1, 0.15) is 26.2 Å². The van der Waals surface area contributed by atoms with Gasteiger partial charge in [-0.05, 0) is 29.8 Å². The van der Waals surface area contributed by atoms with Crippen molar-refractivity contribution >= 4 is 10.8 Å². The highest BCUT2D eigenvalue weighted by molar-refractivity contribution is 5.84. The monoisotopic (exact) mass is 353 g/mol. The third-order valence-corrected chi connectivity index (χ3v) is 4.88. The normalized spacial score (nSPS) is 16.7. The summed E-state index contributed by atoms with van der Waals surface area (Å²) in [4.78, 5) is 0. The minimum absolute atomic E-state index is 0.246. The number of hydrogen-bond acceptors (Lipinski definition) is 4. The molecule has 0 aliphatic carbocycles. The quantitative estimate of drug-likeness (QED) is 0.522. The van der Waals surface area contributed by atoms with Gasteiger partial charge in [-0.1, -0.05) is 30.3 Å². The van der Waals surface area contributed by atoms with Crippen molar-refractivity contribution in [3.05, 3.63) is 59.4 Å². The summed E-state index contributed by atoms with van der Waals surface area (Å²) in [6.07, 6.45) is 0. The summed E-state index contributed by atoms with van der Waals surface area (Å²) < 4.78 is 12.6. The lowest BCUT2D eigenvalue weighted by Crippen LogP contribution is -2.52.